The SMILES string of the molecule is C[C@H](N)c1ccn2ccnc2c1. The van der Waals surface area contributed by atoms with Gasteiger partial charge in [-0.15, -0.1) is 0 Å². The average molecular weight is 161 g/mol. The van der Waals surface area contributed by atoms with Gasteiger partial charge in [0.2, 0.25) is 0 Å². The maximum Gasteiger partial charge on any atom is 0.136 e. The smallest absolute Gasteiger partial charge is 0.136 e. The minimum Gasteiger partial charge on any atom is -0.324 e. The molecule has 1 atom stereocenters. The maximum atomic E-state index is 5.74. The molecule has 0 bridgehead atoms. The molecule has 2 N–H and O–H groups in total. The second-order valence-electron chi connectivity index (χ2n) is 2.94. The Kier molecular flexibility index (Phi) is 1.59. The van der Waals surface area contributed by atoms with E-state index in [1.165, 1.54) is 0 Å². The van der Waals surface area contributed by atoms with Crippen LogP contribution in [0.2, 0.25) is 0 Å². The minimum atomic E-state index is 0.0756. The Labute approximate surface area is 70.8 Å². The summed E-state index contributed by atoms with van der Waals surface area (Å²) in [5, 5.41) is 0. The molecule has 0 saturated heterocycles. The summed E-state index contributed by atoms with van der Waals surface area (Å²) in [6.07, 6.45) is 5.67. The van der Waals surface area contributed by atoms with Crippen molar-refractivity contribution in [2.45, 2.75) is 13.0 Å². The number of hydrogen-bond donors (Lipinski definition) is 1. The first-order valence-electron chi connectivity index (χ1n) is 3.95. The van der Waals surface area contributed by atoms with Gasteiger partial charge in [-0.1, -0.05) is 0 Å². The van der Waals surface area contributed by atoms with Gasteiger partial charge in [0.25, 0.3) is 0 Å². The van der Waals surface area contributed by atoms with Crippen LogP contribution < -0.4 is 5.73 Å². The molecule has 0 amide bonds. The van der Waals surface area contributed by atoms with E-state index in [4.69, 9.17) is 5.73 Å². The zero-order valence-corrected chi connectivity index (χ0v) is 6.94. The molecule has 0 aromatic carbocycles. The predicted octanol–water partition coefficient (Wildman–Crippen LogP) is 1.35. The van der Waals surface area contributed by atoms with Gasteiger partial charge in [0.1, 0.15) is 5.65 Å². The van der Waals surface area contributed by atoms with Gasteiger partial charge in [-0.2, -0.15) is 0 Å². The van der Waals surface area contributed by atoms with E-state index in [2.05, 4.69) is 4.98 Å². The van der Waals surface area contributed by atoms with Crippen molar-refractivity contribution in [3.8, 4) is 0 Å². The summed E-state index contributed by atoms with van der Waals surface area (Å²) in [5.74, 6) is 0. The quantitative estimate of drug-likeness (QED) is 0.686. The third-order valence-corrected chi connectivity index (χ3v) is 1.95. The van der Waals surface area contributed by atoms with Crippen LogP contribution in [0.5, 0.6) is 0 Å². The first kappa shape index (κ1) is 7.31. The van der Waals surface area contributed by atoms with Crippen molar-refractivity contribution < 1.29 is 0 Å². The second-order valence-corrected chi connectivity index (χ2v) is 2.94. The van der Waals surface area contributed by atoms with Crippen LogP contribution in [0.1, 0.15) is 18.5 Å². The van der Waals surface area contributed by atoms with Crippen molar-refractivity contribution in [1.29, 1.82) is 0 Å². The van der Waals surface area contributed by atoms with Gasteiger partial charge in [-0.3, -0.25) is 0 Å². The molecular formula is C9H11N3. The fourth-order valence-electron chi connectivity index (χ4n) is 1.21. The largest absolute Gasteiger partial charge is 0.324 e. The molecule has 0 aliphatic carbocycles. The van der Waals surface area contributed by atoms with Crippen LogP contribution in [0.4, 0.5) is 0 Å². The number of nitrogens with two attached hydrogens (primary N) is 1. The van der Waals surface area contributed by atoms with Crippen LogP contribution in [-0.4, -0.2) is 9.38 Å². The highest BCUT2D eigenvalue weighted by atomic mass is 15.0. The van der Waals surface area contributed by atoms with Crippen LogP contribution in [0, 0.1) is 0 Å². The van der Waals surface area contributed by atoms with Gasteiger partial charge in [-0.25, -0.2) is 4.98 Å². The number of fused-ring (bicyclic) bond motifs is 1. The summed E-state index contributed by atoms with van der Waals surface area (Å²) in [5.41, 5.74) is 7.80. The third kappa shape index (κ3) is 1.08. The summed E-state index contributed by atoms with van der Waals surface area (Å²) in [6.45, 7) is 1.97. The molecule has 0 aliphatic heterocycles. The standard InChI is InChI=1S/C9H11N3/c1-7(10)8-2-4-12-5-3-11-9(12)6-8/h2-7H,10H2,1H3/t7-/m0/s1. The number of aromatic nitrogens is 2. The highest BCUT2D eigenvalue weighted by Crippen LogP contribution is 2.11. The second kappa shape index (κ2) is 2.60. The number of imidazole rings is 1. The van der Waals surface area contributed by atoms with Gasteiger partial charge in [0.05, 0.1) is 0 Å². The summed E-state index contributed by atoms with van der Waals surface area (Å²) >= 11 is 0. The van der Waals surface area contributed by atoms with Crippen LogP contribution in [-0.2, 0) is 0 Å². The van der Waals surface area contributed by atoms with E-state index < -0.39 is 0 Å². The Morgan fingerprint density at radius 2 is 2.33 bits per heavy atom. The fourth-order valence-corrected chi connectivity index (χ4v) is 1.21. The third-order valence-electron chi connectivity index (χ3n) is 1.95. The molecule has 2 heterocycles. The summed E-state index contributed by atoms with van der Waals surface area (Å²) in [6, 6.07) is 4.09. The van der Waals surface area contributed by atoms with Crippen LogP contribution >= 0.6 is 0 Å². The first-order chi connectivity index (χ1) is 5.77. The molecule has 0 spiro atoms. The van der Waals surface area contributed by atoms with Crippen molar-refractivity contribution in [3.05, 3.63) is 36.3 Å². The molecule has 0 aliphatic rings. The van der Waals surface area contributed by atoms with Crippen LogP contribution in [0.15, 0.2) is 30.7 Å². The normalized spacial score (nSPS) is 13.5. The van der Waals surface area contributed by atoms with Gasteiger partial charge in [-0.05, 0) is 24.6 Å². The lowest BCUT2D eigenvalue weighted by atomic mass is 10.1. The lowest BCUT2D eigenvalue weighted by Gasteiger charge is -2.04. The average Bonchev–Trinajstić information content (AvgIpc) is 2.49. The van der Waals surface area contributed by atoms with E-state index in [-0.39, 0.29) is 6.04 Å². The molecule has 3 heteroatoms. The van der Waals surface area contributed by atoms with Gasteiger partial charge >= 0.3 is 0 Å². The maximum absolute atomic E-state index is 5.74. The molecule has 0 fully saturated rings. The Hall–Kier alpha value is -1.35. The Morgan fingerprint density at radius 1 is 1.50 bits per heavy atom. The molecular weight excluding hydrogens is 150 g/mol. The van der Waals surface area contributed by atoms with Crippen molar-refractivity contribution in [2.75, 3.05) is 0 Å². The summed E-state index contributed by atoms with van der Waals surface area (Å²) in [7, 11) is 0. The lowest BCUT2D eigenvalue weighted by molar-refractivity contribution is 0.815. The Morgan fingerprint density at radius 3 is 3.08 bits per heavy atom. The van der Waals surface area contributed by atoms with Gasteiger partial charge in [0.15, 0.2) is 0 Å². The number of rotatable bonds is 1. The number of pyridine rings is 1. The zero-order chi connectivity index (χ0) is 8.55. The highest BCUT2D eigenvalue weighted by Gasteiger charge is 2.00. The van der Waals surface area contributed by atoms with Gasteiger partial charge < -0.3 is 10.1 Å². The summed E-state index contributed by atoms with van der Waals surface area (Å²) < 4.78 is 1.96. The predicted molar refractivity (Wildman–Crippen MR) is 47.8 cm³/mol. The van der Waals surface area contributed by atoms with E-state index in [9.17, 15) is 0 Å². The molecule has 0 saturated carbocycles. The minimum absolute atomic E-state index is 0.0756. The molecule has 0 radical (unpaired) electrons. The van der Waals surface area contributed by atoms with Crippen molar-refractivity contribution >= 4 is 5.65 Å². The van der Waals surface area contributed by atoms with Crippen LogP contribution in [0.3, 0.4) is 0 Å². The molecule has 62 valence electrons. The van der Waals surface area contributed by atoms with E-state index >= 15 is 0 Å². The molecule has 12 heavy (non-hydrogen) atoms. The lowest BCUT2D eigenvalue weighted by Crippen LogP contribution is -2.05. The van der Waals surface area contributed by atoms with E-state index in [1.807, 2.05) is 35.9 Å². The van der Waals surface area contributed by atoms with E-state index in [1.54, 1.807) is 6.20 Å². The Bertz CT molecular complexity index is 389. The summed E-state index contributed by atoms with van der Waals surface area (Å²) in [4.78, 5) is 4.17. The highest BCUT2D eigenvalue weighted by molar-refractivity contribution is 5.41. The molecule has 2 aromatic heterocycles. The first-order valence-corrected chi connectivity index (χ1v) is 3.95. The molecule has 2 aromatic rings. The molecule has 0 unspecified atom stereocenters. The number of hydrogen-bond acceptors (Lipinski definition) is 2. The number of nitrogens with zero attached hydrogens (tertiary/aromatic N) is 2. The monoisotopic (exact) mass is 161 g/mol. The fraction of sp³-hybridized carbons (Fsp3) is 0.222. The van der Waals surface area contributed by atoms with Crippen molar-refractivity contribution in [1.82, 2.24) is 9.38 Å². The topological polar surface area (TPSA) is 43.3 Å². The molecule has 2 rings (SSSR count). The molecule has 3 nitrogen and oxygen atoms in total. The zero-order valence-electron chi connectivity index (χ0n) is 6.94. The van der Waals surface area contributed by atoms with E-state index in [0.29, 0.717) is 0 Å². The van der Waals surface area contributed by atoms with Gasteiger partial charge in [0, 0.05) is 24.6 Å². The van der Waals surface area contributed by atoms with Crippen molar-refractivity contribution in [3.63, 3.8) is 0 Å². The van der Waals surface area contributed by atoms with E-state index in [0.717, 1.165) is 11.2 Å². The Balaban J connectivity index is 2.60. The van der Waals surface area contributed by atoms with Crippen molar-refractivity contribution in [2.24, 2.45) is 5.73 Å². The van der Waals surface area contributed by atoms with Crippen LogP contribution in [0.25, 0.3) is 5.65 Å².